The number of pyridine rings is 1. The third-order valence-corrected chi connectivity index (χ3v) is 2.89. The van der Waals surface area contributed by atoms with Gasteiger partial charge in [0.2, 0.25) is 11.8 Å². The number of nitrogens with zero attached hydrogens (tertiary/aromatic N) is 1. The van der Waals surface area contributed by atoms with Crippen molar-refractivity contribution in [1.82, 2.24) is 10.3 Å². The van der Waals surface area contributed by atoms with Crippen molar-refractivity contribution >= 4 is 36.4 Å². The summed E-state index contributed by atoms with van der Waals surface area (Å²) in [4.78, 5) is 15.8. The van der Waals surface area contributed by atoms with E-state index in [1.807, 2.05) is 7.05 Å². The Kier molecular flexibility index (Phi) is 10.7. The maximum Gasteiger partial charge on any atom is 0.224 e. The Morgan fingerprint density at radius 3 is 2.46 bits per heavy atom. The summed E-state index contributed by atoms with van der Waals surface area (Å²) in [6, 6.07) is 9.03. The second kappa shape index (κ2) is 11.6. The highest BCUT2D eigenvalue weighted by atomic mass is 35.5. The van der Waals surface area contributed by atoms with Gasteiger partial charge >= 0.3 is 0 Å². The second-order valence-corrected chi connectivity index (χ2v) is 4.70. The average molecular weight is 376 g/mol. The van der Waals surface area contributed by atoms with Crippen molar-refractivity contribution in [3.05, 3.63) is 48.4 Å². The lowest BCUT2D eigenvalue weighted by Gasteiger charge is -2.07. The molecule has 0 radical (unpaired) electrons. The lowest BCUT2D eigenvalue weighted by Crippen LogP contribution is -2.15. The van der Waals surface area contributed by atoms with Crippen LogP contribution in [-0.4, -0.2) is 24.5 Å². The number of rotatable bonds is 7. The first kappa shape index (κ1) is 22.1. The van der Waals surface area contributed by atoms with Gasteiger partial charge < -0.3 is 15.4 Å². The van der Waals surface area contributed by atoms with Gasteiger partial charge in [0.25, 0.3) is 0 Å². The van der Waals surface area contributed by atoms with Gasteiger partial charge in [-0.2, -0.15) is 0 Å². The molecule has 5 nitrogen and oxygen atoms in total. The minimum Gasteiger partial charge on any atom is -0.439 e. The van der Waals surface area contributed by atoms with Crippen LogP contribution in [0.1, 0.15) is 12.8 Å². The van der Waals surface area contributed by atoms with Crippen molar-refractivity contribution in [2.75, 3.05) is 18.9 Å². The molecule has 0 bridgehead atoms. The highest BCUT2D eigenvalue weighted by Gasteiger charge is 2.04. The summed E-state index contributed by atoms with van der Waals surface area (Å²) in [6.45, 7) is 0.802. The zero-order valence-corrected chi connectivity index (χ0v) is 14.8. The van der Waals surface area contributed by atoms with Gasteiger partial charge in [-0.15, -0.1) is 24.8 Å². The molecule has 0 unspecified atom stereocenters. The summed E-state index contributed by atoms with van der Waals surface area (Å²) in [7, 11) is 1.85. The molecule has 1 heterocycles. The van der Waals surface area contributed by atoms with Crippen molar-refractivity contribution in [3.63, 3.8) is 0 Å². The van der Waals surface area contributed by atoms with Gasteiger partial charge in [-0.05, 0) is 50.3 Å². The maximum absolute atomic E-state index is 12.8. The average Bonchev–Trinajstić information content (AvgIpc) is 2.52. The molecule has 2 rings (SSSR count). The molecule has 0 saturated heterocycles. The minimum atomic E-state index is -0.323. The van der Waals surface area contributed by atoms with E-state index < -0.39 is 0 Å². The van der Waals surface area contributed by atoms with Gasteiger partial charge in [0, 0.05) is 12.5 Å². The Bertz CT molecular complexity index is 610. The zero-order chi connectivity index (χ0) is 15.8. The van der Waals surface area contributed by atoms with Gasteiger partial charge in [-0.25, -0.2) is 9.37 Å². The summed E-state index contributed by atoms with van der Waals surface area (Å²) in [5.74, 6) is 0.499. The van der Waals surface area contributed by atoms with Crippen LogP contribution in [0, 0.1) is 5.82 Å². The summed E-state index contributed by atoms with van der Waals surface area (Å²) in [6.07, 6.45) is 2.75. The number of carbonyl (C=O) groups is 1. The molecule has 1 aromatic carbocycles. The number of anilines is 1. The molecule has 24 heavy (non-hydrogen) atoms. The molecule has 132 valence electrons. The van der Waals surface area contributed by atoms with Gasteiger partial charge in [0.1, 0.15) is 11.6 Å². The third kappa shape index (κ3) is 7.59. The van der Waals surface area contributed by atoms with E-state index in [1.54, 1.807) is 12.1 Å². The number of carbonyl (C=O) groups excluding carboxylic acids is 1. The lowest BCUT2D eigenvalue weighted by atomic mass is 10.3. The number of hydrogen-bond donors (Lipinski definition) is 2. The highest BCUT2D eigenvalue weighted by Crippen LogP contribution is 2.20. The van der Waals surface area contributed by atoms with E-state index in [9.17, 15) is 9.18 Å². The van der Waals surface area contributed by atoms with Crippen LogP contribution < -0.4 is 15.4 Å². The minimum absolute atomic E-state index is 0. The van der Waals surface area contributed by atoms with E-state index in [2.05, 4.69) is 15.6 Å². The molecule has 0 aliphatic rings. The molecule has 1 amide bonds. The fraction of sp³-hybridized carbons (Fsp3) is 0.250. The van der Waals surface area contributed by atoms with Crippen LogP contribution in [0.3, 0.4) is 0 Å². The first-order valence-electron chi connectivity index (χ1n) is 7.01. The normalized spacial score (nSPS) is 9.42. The quantitative estimate of drug-likeness (QED) is 0.722. The van der Waals surface area contributed by atoms with Crippen molar-refractivity contribution in [2.45, 2.75) is 12.8 Å². The number of halogens is 3. The summed E-state index contributed by atoms with van der Waals surface area (Å²) < 4.78 is 18.3. The Balaban J connectivity index is 0.00000264. The van der Waals surface area contributed by atoms with E-state index >= 15 is 0 Å². The van der Waals surface area contributed by atoms with Gasteiger partial charge in [-0.1, -0.05) is 0 Å². The molecule has 2 aromatic rings. The second-order valence-electron chi connectivity index (χ2n) is 4.70. The monoisotopic (exact) mass is 375 g/mol. The first-order chi connectivity index (χ1) is 10.7. The molecule has 2 N–H and O–H groups in total. The molecule has 0 fully saturated rings. The van der Waals surface area contributed by atoms with Crippen LogP contribution in [0.15, 0.2) is 42.6 Å². The number of ether oxygens (including phenoxy) is 1. The van der Waals surface area contributed by atoms with Crippen LogP contribution in [0.4, 0.5) is 10.1 Å². The molecule has 1 aromatic heterocycles. The molecule has 0 spiro atoms. The van der Waals surface area contributed by atoms with Crippen molar-refractivity contribution < 1.29 is 13.9 Å². The van der Waals surface area contributed by atoms with Crippen LogP contribution in [0.25, 0.3) is 0 Å². The Labute approximate surface area is 152 Å². The van der Waals surface area contributed by atoms with E-state index in [0.29, 0.717) is 23.7 Å². The van der Waals surface area contributed by atoms with Crippen molar-refractivity contribution in [2.24, 2.45) is 0 Å². The highest BCUT2D eigenvalue weighted by molar-refractivity contribution is 5.90. The molecule has 8 heteroatoms. The SMILES string of the molecule is CNCCCC(=O)Nc1ccc(Oc2ccc(F)cc2)nc1.Cl.Cl. The smallest absolute Gasteiger partial charge is 0.224 e. The number of aromatic nitrogens is 1. The van der Waals surface area contributed by atoms with E-state index in [-0.39, 0.29) is 36.5 Å². The first-order valence-corrected chi connectivity index (χ1v) is 7.01. The van der Waals surface area contributed by atoms with Gasteiger partial charge in [-0.3, -0.25) is 4.79 Å². The summed E-state index contributed by atoms with van der Waals surface area (Å²) in [5, 5.41) is 5.75. The molecule has 0 aliphatic carbocycles. The summed E-state index contributed by atoms with van der Waals surface area (Å²) >= 11 is 0. The maximum atomic E-state index is 12.8. The Hall–Kier alpha value is -1.89. The predicted molar refractivity (Wildman–Crippen MR) is 97.0 cm³/mol. The zero-order valence-electron chi connectivity index (χ0n) is 13.1. The Morgan fingerprint density at radius 2 is 1.88 bits per heavy atom. The number of amides is 1. The fourth-order valence-corrected chi connectivity index (χ4v) is 1.79. The summed E-state index contributed by atoms with van der Waals surface area (Å²) in [5.41, 5.74) is 0.612. The fourth-order valence-electron chi connectivity index (χ4n) is 1.79. The largest absolute Gasteiger partial charge is 0.439 e. The number of nitrogens with one attached hydrogen (secondary N) is 2. The van der Waals surface area contributed by atoms with Crippen LogP contribution in [0.2, 0.25) is 0 Å². The van der Waals surface area contributed by atoms with Crippen LogP contribution in [0.5, 0.6) is 11.6 Å². The molecule has 0 atom stereocenters. The predicted octanol–water partition coefficient (Wildman–Crippen LogP) is 3.79. The van der Waals surface area contributed by atoms with Gasteiger partial charge in [0.15, 0.2) is 0 Å². The number of benzene rings is 1. The lowest BCUT2D eigenvalue weighted by molar-refractivity contribution is -0.116. The van der Waals surface area contributed by atoms with Crippen molar-refractivity contribution in [3.8, 4) is 11.6 Å². The van der Waals surface area contributed by atoms with Crippen LogP contribution in [-0.2, 0) is 4.79 Å². The third-order valence-electron chi connectivity index (χ3n) is 2.89. The van der Waals surface area contributed by atoms with Gasteiger partial charge in [0.05, 0.1) is 11.9 Å². The van der Waals surface area contributed by atoms with Crippen LogP contribution >= 0.6 is 24.8 Å². The van der Waals surface area contributed by atoms with E-state index in [0.717, 1.165) is 13.0 Å². The molecule has 0 aliphatic heterocycles. The molecular weight excluding hydrogens is 356 g/mol. The molecule has 0 saturated carbocycles. The topological polar surface area (TPSA) is 63.2 Å². The number of hydrogen-bond acceptors (Lipinski definition) is 4. The van der Waals surface area contributed by atoms with Crippen molar-refractivity contribution in [1.29, 1.82) is 0 Å². The molecular formula is C16H20Cl2FN3O2. The van der Waals surface area contributed by atoms with E-state index in [4.69, 9.17) is 4.74 Å². The Morgan fingerprint density at radius 1 is 1.17 bits per heavy atom. The van der Waals surface area contributed by atoms with E-state index in [1.165, 1.54) is 30.5 Å². The standard InChI is InChI=1S/C16H18FN3O2.2ClH/c1-18-10-2-3-15(21)20-13-6-9-16(19-11-13)22-14-7-4-12(17)5-8-14;;/h4-9,11,18H,2-3,10H2,1H3,(H,20,21);2*1H.